The minimum atomic E-state index is -1.31. The van der Waals surface area contributed by atoms with Gasteiger partial charge in [0, 0.05) is 16.9 Å². The molecular formula is C18H15N3O5. The summed E-state index contributed by atoms with van der Waals surface area (Å²) in [6.45, 7) is 1.70. The van der Waals surface area contributed by atoms with E-state index in [2.05, 4.69) is 10.6 Å². The molecule has 0 aliphatic carbocycles. The highest BCUT2D eigenvalue weighted by Gasteiger charge is 2.13. The summed E-state index contributed by atoms with van der Waals surface area (Å²) in [5.74, 6) is -2.64. The van der Waals surface area contributed by atoms with Gasteiger partial charge in [-0.15, -0.1) is 0 Å². The van der Waals surface area contributed by atoms with E-state index >= 15 is 0 Å². The molecule has 0 saturated carbocycles. The summed E-state index contributed by atoms with van der Waals surface area (Å²) >= 11 is 0. The van der Waals surface area contributed by atoms with Crippen molar-refractivity contribution in [2.75, 3.05) is 10.6 Å². The van der Waals surface area contributed by atoms with E-state index in [1.807, 2.05) is 0 Å². The first-order valence-electron chi connectivity index (χ1n) is 7.47. The standard InChI is InChI=1S/C18H15N3O5/c1-10-8-11(2-4-14(10)21-16(23)6-7-19)17(24)20-12-3-5-15(22)13(9-12)18(25)26/h2-5,8-9,22H,6H2,1H3,(H,20,24)(H,21,23)(H,25,26). The molecule has 0 fully saturated rings. The van der Waals surface area contributed by atoms with Gasteiger partial charge in [0.15, 0.2) is 0 Å². The molecular weight excluding hydrogens is 338 g/mol. The molecule has 0 saturated heterocycles. The summed E-state index contributed by atoms with van der Waals surface area (Å²) in [6.07, 6.45) is -0.269. The van der Waals surface area contributed by atoms with E-state index in [4.69, 9.17) is 10.4 Å². The van der Waals surface area contributed by atoms with Gasteiger partial charge in [-0.25, -0.2) is 4.79 Å². The van der Waals surface area contributed by atoms with Gasteiger partial charge in [0.05, 0.1) is 6.07 Å². The van der Waals surface area contributed by atoms with E-state index in [-0.39, 0.29) is 17.7 Å². The van der Waals surface area contributed by atoms with Gasteiger partial charge < -0.3 is 20.8 Å². The molecule has 2 amide bonds. The number of phenols is 1. The van der Waals surface area contributed by atoms with E-state index < -0.39 is 23.5 Å². The molecule has 132 valence electrons. The van der Waals surface area contributed by atoms with Gasteiger partial charge >= 0.3 is 5.97 Å². The Balaban J connectivity index is 2.17. The largest absolute Gasteiger partial charge is 0.507 e. The third-order valence-corrected chi connectivity index (χ3v) is 3.49. The van der Waals surface area contributed by atoms with Crippen LogP contribution in [-0.2, 0) is 4.79 Å². The molecule has 4 N–H and O–H groups in total. The maximum absolute atomic E-state index is 12.3. The van der Waals surface area contributed by atoms with Gasteiger partial charge in [-0.2, -0.15) is 5.26 Å². The number of carbonyl (C=O) groups is 3. The van der Waals surface area contributed by atoms with Gasteiger partial charge in [-0.1, -0.05) is 0 Å². The summed E-state index contributed by atoms with van der Waals surface area (Å²) in [7, 11) is 0. The van der Waals surface area contributed by atoms with Crippen LogP contribution in [0.25, 0.3) is 0 Å². The SMILES string of the molecule is Cc1cc(C(=O)Nc2ccc(O)c(C(=O)O)c2)ccc1NC(=O)CC#N. The van der Waals surface area contributed by atoms with E-state index in [0.717, 1.165) is 6.07 Å². The van der Waals surface area contributed by atoms with Gasteiger partial charge in [0.25, 0.3) is 5.91 Å². The zero-order valence-corrected chi connectivity index (χ0v) is 13.7. The number of amides is 2. The predicted octanol–water partition coefficient (Wildman–Crippen LogP) is 2.50. The first-order chi connectivity index (χ1) is 12.3. The molecule has 0 unspecified atom stereocenters. The minimum absolute atomic E-state index is 0.217. The Morgan fingerprint density at radius 3 is 2.46 bits per heavy atom. The van der Waals surface area contributed by atoms with Crippen molar-refractivity contribution in [2.45, 2.75) is 13.3 Å². The lowest BCUT2D eigenvalue weighted by Gasteiger charge is -2.10. The Bertz CT molecular complexity index is 931. The topological polar surface area (TPSA) is 140 Å². The molecule has 2 rings (SSSR count). The third-order valence-electron chi connectivity index (χ3n) is 3.49. The lowest BCUT2D eigenvalue weighted by atomic mass is 10.1. The molecule has 0 radical (unpaired) electrons. The number of aryl methyl sites for hydroxylation is 1. The number of nitrogens with zero attached hydrogens (tertiary/aromatic N) is 1. The number of nitriles is 1. The number of benzene rings is 2. The molecule has 26 heavy (non-hydrogen) atoms. The molecule has 2 aromatic carbocycles. The van der Waals surface area contributed by atoms with Gasteiger partial charge in [-0.3, -0.25) is 9.59 Å². The molecule has 0 spiro atoms. The van der Waals surface area contributed by atoms with Crippen LogP contribution in [0, 0.1) is 18.3 Å². The van der Waals surface area contributed by atoms with Crippen molar-refractivity contribution in [3.05, 3.63) is 53.1 Å². The van der Waals surface area contributed by atoms with Crippen LogP contribution in [0.15, 0.2) is 36.4 Å². The van der Waals surface area contributed by atoms with Crippen LogP contribution in [0.2, 0.25) is 0 Å². The number of rotatable bonds is 5. The van der Waals surface area contributed by atoms with Crippen molar-refractivity contribution < 1.29 is 24.6 Å². The summed E-state index contributed by atoms with van der Waals surface area (Å²) in [5.41, 5.74) is 1.30. The fourth-order valence-electron chi connectivity index (χ4n) is 2.20. The Labute approximate surface area is 148 Å². The number of carboxylic acids is 1. The quantitative estimate of drug-likeness (QED) is 0.609. The van der Waals surface area contributed by atoms with E-state index in [9.17, 15) is 19.5 Å². The van der Waals surface area contributed by atoms with Crippen LogP contribution in [0.3, 0.4) is 0 Å². The van der Waals surface area contributed by atoms with Crippen LogP contribution in [0.4, 0.5) is 11.4 Å². The minimum Gasteiger partial charge on any atom is -0.507 e. The summed E-state index contributed by atoms with van der Waals surface area (Å²) in [5, 5.41) is 32.1. The van der Waals surface area contributed by atoms with E-state index in [0.29, 0.717) is 16.8 Å². The molecule has 0 aromatic heterocycles. The van der Waals surface area contributed by atoms with Crippen molar-refractivity contribution in [3.8, 4) is 11.8 Å². The number of carbonyl (C=O) groups excluding carboxylic acids is 2. The monoisotopic (exact) mass is 353 g/mol. The fraction of sp³-hybridized carbons (Fsp3) is 0.111. The van der Waals surface area contributed by atoms with Crippen LogP contribution in [0.5, 0.6) is 5.75 Å². The molecule has 0 heterocycles. The third kappa shape index (κ3) is 4.36. The normalized spacial score (nSPS) is 9.85. The lowest BCUT2D eigenvalue weighted by Crippen LogP contribution is -2.14. The van der Waals surface area contributed by atoms with Gasteiger partial charge in [0.1, 0.15) is 17.7 Å². The van der Waals surface area contributed by atoms with Gasteiger partial charge in [0.2, 0.25) is 5.91 Å². The van der Waals surface area contributed by atoms with Crippen molar-refractivity contribution in [1.29, 1.82) is 5.26 Å². The molecule has 8 nitrogen and oxygen atoms in total. The lowest BCUT2D eigenvalue weighted by molar-refractivity contribution is -0.115. The van der Waals surface area contributed by atoms with Crippen molar-refractivity contribution in [3.63, 3.8) is 0 Å². The predicted molar refractivity (Wildman–Crippen MR) is 93.1 cm³/mol. The highest BCUT2D eigenvalue weighted by Crippen LogP contribution is 2.23. The molecule has 2 aromatic rings. The highest BCUT2D eigenvalue weighted by molar-refractivity contribution is 6.05. The number of aromatic hydroxyl groups is 1. The number of nitrogens with one attached hydrogen (secondary N) is 2. The van der Waals surface area contributed by atoms with E-state index in [1.165, 1.54) is 18.2 Å². The summed E-state index contributed by atoms with van der Waals surface area (Å²) < 4.78 is 0. The van der Waals surface area contributed by atoms with Crippen LogP contribution in [-0.4, -0.2) is 28.0 Å². The fourth-order valence-corrected chi connectivity index (χ4v) is 2.20. The number of anilines is 2. The zero-order valence-electron chi connectivity index (χ0n) is 13.7. The summed E-state index contributed by atoms with van der Waals surface area (Å²) in [4.78, 5) is 34.8. The highest BCUT2D eigenvalue weighted by atomic mass is 16.4. The molecule has 8 heteroatoms. The van der Waals surface area contributed by atoms with Crippen LogP contribution >= 0.6 is 0 Å². The van der Waals surface area contributed by atoms with Crippen LogP contribution in [0.1, 0.15) is 32.7 Å². The molecule has 0 atom stereocenters. The second kappa shape index (κ2) is 7.81. The first-order valence-corrected chi connectivity index (χ1v) is 7.47. The van der Waals surface area contributed by atoms with Crippen molar-refractivity contribution in [2.24, 2.45) is 0 Å². The number of aromatic carboxylic acids is 1. The average molecular weight is 353 g/mol. The Hall–Kier alpha value is -3.86. The average Bonchev–Trinajstić information content (AvgIpc) is 2.58. The molecule has 0 bridgehead atoms. The number of hydrogen-bond acceptors (Lipinski definition) is 5. The maximum Gasteiger partial charge on any atom is 0.339 e. The molecule has 0 aliphatic heterocycles. The Kier molecular flexibility index (Phi) is 5.55. The summed E-state index contributed by atoms with van der Waals surface area (Å²) in [6, 6.07) is 10.0. The number of hydrogen-bond donors (Lipinski definition) is 4. The van der Waals surface area contributed by atoms with Gasteiger partial charge in [-0.05, 0) is 48.9 Å². The maximum atomic E-state index is 12.3. The second-order valence-electron chi connectivity index (χ2n) is 5.40. The smallest absolute Gasteiger partial charge is 0.339 e. The van der Waals surface area contributed by atoms with Crippen molar-refractivity contribution >= 4 is 29.2 Å². The van der Waals surface area contributed by atoms with Crippen molar-refractivity contribution in [1.82, 2.24) is 0 Å². The van der Waals surface area contributed by atoms with E-state index in [1.54, 1.807) is 25.1 Å². The molecule has 0 aliphatic rings. The first kappa shape index (κ1) is 18.5. The number of carboxylic acid groups (broad SMARTS) is 1. The second-order valence-corrected chi connectivity index (χ2v) is 5.40. The zero-order chi connectivity index (χ0) is 19.3. The Morgan fingerprint density at radius 1 is 1.12 bits per heavy atom. The van der Waals surface area contributed by atoms with Crippen LogP contribution < -0.4 is 10.6 Å². The Morgan fingerprint density at radius 2 is 1.85 bits per heavy atom.